The number of carbonyl (C=O) groups excluding carboxylic acids is 1. The van der Waals surface area contributed by atoms with Crippen LogP contribution in [0.15, 0.2) is 40.8 Å². The van der Waals surface area contributed by atoms with Gasteiger partial charge >= 0.3 is 0 Å². The molecule has 1 aromatic carbocycles. The minimum atomic E-state index is -0.519. The topological polar surface area (TPSA) is 79.7 Å². The number of hydrogen-bond donors (Lipinski definition) is 1. The maximum Gasteiger partial charge on any atom is 0.183 e. The average Bonchev–Trinajstić information content (AvgIpc) is 3.35. The van der Waals surface area contributed by atoms with E-state index >= 15 is 0 Å². The van der Waals surface area contributed by atoms with E-state index in [-0.39, 0.29) is 29.9 Å². The van der Waals surface area contributed by atoms with Gasteiger partial charge in [0.1, 0.15) is 35.2 Å². The summed E-state index contributed by atoms with van der Waals surface area (Å²) in [6.07, 6.45) is 3.92. The van der Waals surface area contributed by atoms with Crippen LogP contribution in [0.5, 0.6) is 5.75 Å². The highest BCUT2D eigenvalue weighted by Gasteiger charge is 2.25. The summed E-state index contributed by atoms with van der Waals surface area (Å²) in [5.74, 6) is -0.171. The number of rotatable bonds is 12. The summed E-state index contributed by atoms with van der Waals surface area (Å²) in [6.45, 7) is 9.85. The standard InChI is InChI=1S/C27H31ClFN5O2S/c1-4-34(5-2)12-6-7-17(3)31-27-33-23(16-37-27)26-25-20(10-11-30-26)24(35)13-18(32-25)15-36-19-8-9-22(29)21(28)14-19/h8-11,14,16-17H,4-7,12-13,15H2,1-3H3,(H,31,33). The Morgan fingerprint density at radius 2 is 2.08 bits per heavy atom. The molecule has 10 heteroatoms. The molecular weight excluding hydrogens is 513 g/mol. The summed E-state index contributed by atoms with van der Waals surface area (Å²) in [5.41, 5.74) is 2.81. The Hall–Kier alpha value is -2.88. The van der Waals surface area contributed by atoms with E-state index in [1.54, 1.807) is 12.3 Å². The number of Topliss-reactive ketones (excluding diaryl/α,β-unsaturated/α-hetero) is 1. The molecule has 0 spiro atoms. The summed E-state index contributed by atoms with van der Waals surface area (Å²) >= 11 is 7.35. The molecule has 0 saturated heterocycles. The number of thiazole rings is 1. The molecule has 3 aromatic rings. The molecular formula is C27H31ClFN5O2S. The van der Waals surface area contributed by atoms with Crippen LogP contribution in [-0.4, -0.2) is 58.6 Å². The fourth-order valence-electron chi connectivity index (χ4n) is 4.17. The number of aliphatic imine (C=N–C) groups is 1. The Morgan fingerprint density at radius 1 is 1.27 bits per heavy atom. The average molecular weight is 544 g/mol. The van der Waals surface area contributed by atoms with Gasteiger partial charge in [0.2, 0.25) is 0 Å². The van der Waals surface area contributed by atoms with Crippen LogP contribution >= 0.6 is 22.9 Å². The highest BCUT2D eigenvalue weighted by molar-refractivity contribution is 7.14. The van der Waals surface area contributed by atoms with Crippen LogP contribution in [0.1, 0.15) is 50.4 Å². The maximum absolute atomic E-state index is 13.4. The molecule has 0 fully saturated rings. The lowest BCUT2D eigenvalue weighted by atomic mass is 9.99. The number of pyridine rings is 1. The van der Waals surface area contributed by atoms with Gasteiger partial charge in [0.25, 0.3) is 0 Å². The van der Waals surface area contributed by atoms with Crippen molar-refractivity contribution in [3.8, 4) is 17.1 Å². The van der Waals surface area contributed by atoms with Gasteiger partial charge < -0.3 is 15.0 Å². The number of fused-ring (bicyclic) bond motifs is 1. The molecule has 1 atom stereocenters. The number of aromatic nitrogens is 2. The van der Waals surface area contributed by atoms with Crippen LogP contribution in [0.4, 0.5) is 15.2 Å². The summed E-state index contributed by atoms with van der Waals surface area (Å²) in [6, 6.07) is 6.10. The first-order valence-electron chi connectivity index (χ1n) is 12.5. The van der Waals surface area contributed by atoms with Crippen molar-refractivity contribution >= 4 is 45.3 Å². The number of carbonyl (C=O) groups is 1. The van der Waals surface area contributed by atoms with Crippen LogP contribution in [0.2, 0.25) is 5.02 Å². The molecule has 3 heterocycles. The molecule has 37 heavy (non-hydrogen) atoms. The zero-order valence-electron chi connectivity index (χ0n) is 21.3. The first-order chi connectivity index (χ1) is 17.9. The third-order valence-electron chi connectivity index (χ3n) is 6.28. The lowest BCUT2D eigenvalue weighted by Crippen LogP contribution is -2.25. The second-order valence-electron chi connectivity index (χ2n) is 8.95. The number of anilines is 1. The van der Waals surface area contributed by atoms with Crippen LogP contribution in [0.25, 0.3) is 11.4 Å². The molecule has 7 nitrogen and oxygen atoms in total. The zero-order chi connectivity index (χ0) is 26.4. The van der Waals surface area contributed by atoms with Gasteiger partial charge in [-0.1, -0.05) is 25.4 Å². The lowest BCUT2D eigenvalue weighted by molar-refractivity contribution is 0.0998. The summed E-state index contributed by atoms with van der Waals surface area (Å²) in [7, 11) is 0. The highest BCUT2D eigenvalue weighted by Crippen LogP contribution is 2.36. The molecule has 4 rings (SSSR count). The van der Waals surface area contributed by atoms with E-state index < -0.39 is 5.82 Å². The molecule has 1 aliphatic heterocycles. The minimum absolute atomic E-state index is 0.0258. The molecule has 2 aromatic heterocycles. The van der Waals surface area contributed by atoms with E-state index in [0.717, 1.165) is 37.6 Å². The van der Waals surface area contributed by atoms with Crippen molar-refractivity contribution in [2.45, 2.75) is 46.1 Å². The second-order valence-corrected chi connectivity index (χ2v) is 10.2. The van der Waals surface area contributed by atoms with Gasteiger partial charge in [0.15, 0.2) is 10.9 Å². The Morgan fingerprint density at radius 3 is 2.84 bits per heavy atom. The summed E-state index contributed by atoms with van der Waals surface area (Å²) < 4.78 is 19.1. The van der Waals surface area contributed by atoms with Crippen LogP contribution in [0.3, 0.4) is 0 Å². The number of halogens is 2. The first-order valence-corrected chi connectivity index (χ1v) is 13.7. The van der Waals surface area contributed by atoms with Gasteiger partial charge in [-0.05, 0) is 57.6 Å². The fraction of sp³-hybridized carbons (Fsp3) is 0.407. The lowest BCUT2D eigenvalue weighted by Gasteiger charge is -2.19. The van der Waals surface area contributed by atoms with Gasteiger partial charge in [-0.2, -0.15) is 0 Å². The fourth-order valence-corrected chi connectivity index (χ4v) is 5.15. The van der Waals surface area contributed by atoms with Crippen LogP contribution in [-0.2, 0) is 0 Å². The molecule has 0 saturated carbocycles. The number of nitrogens with zero attached hydrogens (tertiary/aromatic N) is 4. The van der Waals surface area contributed by atoms with Gasteiger partial charge in [0, 0.05) is 29.2 Å². The van der Waals surface area contributed by atoms with Gasteiger partial charge in [-0.15, -0.1) is 11.3 Å². The number of benzene rings is 1. The van der Waals surface area contributed by atoms with Gasteiger partial charge in [0.05, 0.1) is 17.2 Å². The van der Waals surface area contributed by atoms with Crippen LogP contribution in [0, 0.1) is 5.82 Å². The van der Waals surface area contributed by atoms with E-state index in [4.69, 9.17) is 26.3 Å². The molecule has 0 radical (unpaired) electrons. The molecule has 0 aliphatic carbocycles. The van der Waals surface area contributed by atoms with Crippen molar-refractivity contribution in [1.29, 1.82) is 0 Å². The Balaban J connectivity index is 1.45. The van der Waals surface area contributed by atoms with Gasteiger partial charge in [-0.25, -0.2) is 9.37 Å². The number of ether oxygens (including phenoxy) is 1. The van der Waals surface area contributed by atoms with E-state index in [2.05, 4.69) is 36.0 Å². The van der Waals surface area contributed by atoms with Crippen molar-refractivity contribution in [1.82, 2.24) is 14.9 Å². The van der Waals surface area contributed by atoms with Crippen molar-refractivity contribution in [2.24, 2.45) is 4.99 Å². The van der Waals surface area contributed by atoms with Crippen molar-refractivity contribution in [3.63, 3.8) is 0 Å². The molecule has 0 bridgehead atoms. The third-order valence-corrected chi connectivity index (χ3v) is 7.34. The maximum atomic E-state index is 13.4. The number of nitrogens with one attached hydrogen (secondary N) is 1. The van der Waals surface area contributed by atoms with Crippen molar-refractivity contribution in [2.75, 3.05) is 31.6 Å². The largest absolute Gasteiger partial charge is 0.488 e. The van der Waals surface area contributed by atoms with Crippen molar-refractivity contribution < 1.29 is 13.9 Å². The molecule has 1 N–H and O–H groups in total. The predicted octanol–water partition coefficient (Wildman–Crippen LogP) is 6.66. The molecule has 0 amide bonds. The molecule has 1 unspecified atom stereocenters. The second kappa shape index (κ2) is 12.6. The number of hydrogen-bond acceptors (Lipinski definition) is 8. The molecule has 1 aliphatic rings. The SMILES string of the molecule is CCN(CC)CCCC(C)Nc1nc(-c2nccc3c2N=C(COc2ccc(F)c(Cl)c2)CC3=O)cs1. The van der Waals surface area contributed by atoms with Gasteiger partial charge in [-0.3, -0.25) is 14.8 Å². The minimum Gasteiger partial charge on any atom is -0.488 e. The quantitative estimate of drug-likeness (QED) is 0.275. The molecule has 196 valence electrons. The Bertz CT molecular complexity index is 1280. The number of ketones is 1. The highest BCUT2D eigenvalue weighted by atomic mass is 35.5. The smallest absolute Gasteiger partial charge is 0.183 e. The van der Waals surface area contributed by atoms with E-state index in [0.29, 0.717) is 34.1 Å². The first kappa shape index (κ1) is 27.2. The van der Waals surface area contributed by atoms with Crippen molar-refractivity contribution in [3.05, 3.63) is 52.2 Å². The summed E-state index contributed by atoms with van der Waals surface area (Å²) in [4.78, 5) is 29.2. The normalized spacial score (nSPS) is 13.9. The third kappa shape index (κ3) is 6.91. The zero-order valence-corrected chi connectivity index (χ0v) is 22.8. The van der Waals surface area contributed by atoms with Crippen LogP contribution < -0.4 is 10.1 Å². The van der Waals surface area contributed by atoms with E-state index in [9.17, 15) is 9.18 Å². The predicted molar refractivity (Wildman–Crippen MR) is 148 cm³/mol. The monoisotopic (exact) mass is 543 g/mol. The summed E-state index contributed by atoms with van der Waals surface area (Å²) in [5, 5.41) is 6.20. The van der Waals surface area contributed by atoms with E-state index in [1.165, 1.54) is 29.5 Å². The van der Waals surface area contributed by atoms with E-state index in [1.807, 2.05) is 5.38 Å². The Kier molecular flexibility index (Phi) is 9.23. The Labute approximate surface area is 225 Å².